The fourth-order valence-corrected chi connectivity index (χ4v) is 5.16. The van der Waals surface area contributed by atoms with Crippen LogP contribution in [0.4, 0.5) is 10.5 Å². The molecule has 1 aromatic carbocycles. The predicted molar refractivity (Wildman–Crippen MR) is 141 cm³/mol. The van der Waals surface area contributed by atoms with E-state index in [-0.39, 0.29) is 28.2 Å². The molecule has 10 heteroatoms. The number of benzene rings is 1. The number of methoxy groups -OCH3 is 2. The maximum atomic E-state index is 13.1. The van der Waals surface area contributed by atoms with Gasteiger partial charge in [0.25, 0.3) is 11.5 Å². The van der Waals surface area contributed by atoms with Crippen LogP contribution in [0.2, 0.25) is 0 Å². The number of carbonyl (C=O) groups excluding carboxylic acids is 2. The van der Waals surface area contributed by atoms with Gasteiger partial charge in [0, 0.05) is 36.4 Å². The lowest BCUT2D eigenvalue weighted by atomic mass is 9.64. The highest BCUT2D eigenvalue weighted by Crippen LogP contribution is 2.45. The molecule has 0 atom stereocenters. The Morgan fingerprint density at radius 3 is 2.49 bits per heavy atom. The molecule has 2 heterocycles. The van der Waals surface area contributed by atoms with E-state index >= 15 is 0 Å². The minimum absolute atomic E-state index is 0.142. The Labute approximate surface area is 215 Å². The zero-order valence-corrected chi connectivity index (χ0v) is 22.3. The molecule has 0 radical (unpaired) electrons. The molecule has 1 aliphatic rings. The van der Waals surface area contributed by atoms with Crippen molar-refractivity contribution < 1.29 is 19.1 Å². The lowest BCUT2D eigenvalue weighted by Gasteiger charge is -2.49. The summed E-state index contributed by atoms with van der Waals surface area (Å²) in [6.07, 6.45) is 6.39. The second-order valence-corrected chi connectivity index (χ2v) is 10.7. The molecule has 1 aliphatic carbocycles. The zero-order chi connectivity index (χ0) is 27.0. The topological polar surface area (TPSA) is 116 Å². The quantitative estimate of drug-likeness (QED) is 0.531. The van der Waals surface area contributed by atoms with Crippen LogP contribution in [0.3, 0.4) is 0 Å². The van der Waals surface area contributed by atoms with E-state index in [1.54, 1.807) is 37.5 Å². The minimum atomic E-state index is -0.434. The summed E-state index contributed by atoms with van der Waals surface area (Å²) < 4.78 is 13.7. The molecular formula is C27H35N5O5. The number of hydrogen-bond donors (Lipinski definition) is 2. The average molecular weight is 510 g/mol. The van der Waals surface area contributed by atoms with Gasteiger partial charge in [0.15, 0.2) is 0 Å². The third-order valence-electron chi connectivity index (χ3n) is 7.60. The van der Waals surface area contributed by atoms with E-state index in [0.29, 0.717) is 16.8 Å². The van der Waals surface area contributed by atoms with Crippen molar-refractivity contribution in [2.45, 2.75) is 58.0 Å². The fourth-order valence-electron chi connectivity index (χ4n) is 5.16. The summed E-state index contributed by atoms with van der Waals surface area (Å²) in [4.78, 5) is 37.5. The molecule has 0 spiro atoms. The lowest BCUT2D eigenvalue weighted by Crippen LogP contribution is -2.58. The van der Waals surface area contributed by atoms with Crippen molar-refractivity contribution in [3.8, 4) is 5.75 Å². The maximum Gasteiger partial charge on any atom is 0.407 e. The number of nitrogens with zero attached hydrogens (tertiary/aromatic N) is 3. The molecule has 0 saturated heterocycles. The molecule has 1 fully saturated rings. The van der Waals surface area contributed by atoms with Crippen LogP contribution in [-0.4, -0.2) is 46.1 Å². The first-order chi connectivity index (χ1) is 17.5. The smallest absolute Gasteiger partial charge is 0.407 e. The predicted octanol–water partition coefficient (Wildman–Crippen LogP) is 4.25. The van der Waals surface area contributed by atoms with Gasteiger partial charge in [0.2, 0.25) is 0 Å². The first-order valence-electron chi connectivity index (χ1n) is 12.4. The third kappa shape index (κ3) is 5.05. The molecule has 2 N–H and O–H groups in total. The Morgan fingerprint density at radius 2 is 1.86 bits per heavy atom. The van der Waals surface area contributed by atoms with Gasteiger partial charge in [0.05, 0.1) is 31.3 Å². The Morgan fingerprint density at radius 1 is 1.16 bits per heavy atom. The van der Waals surface area contributed by atoms with Gasteiger partial charge in [0.1, 0.15) is 11.4 Å². The summed E-state index contributed by atoms with van der Waals surface area (Å²) in [7, 11) is 4.51. The number of aromatic nitrogens is 3. The molecule has 10 nitrogen and oxygen atoms in total. The van der Waals surface area contributed by atoms with E-state index in [1.807, 2.05) is 10.9 Å². The number of fused-ring (bicyclic) bond motifs is 1. The standard InChI is InChI=1S/C27H35N5O5/c1-26(2,3)27(29-25(35)37-6)11-9-18(10-12-27)32-16-17-14-19(22(36-5)15-21(17)30-32)23(33)28-20-8-7-13-31(4)24(20)34/h7-8,13-16,18H,9-12H2,1-6H3,(H,28,33)(H,29,35). The second kappa shape index (κ2) is 9.91. The van der Waals surface area contributed by atoms with Crippen molar-refractivity contribution in [3.63, 3.8) is 0 Å². The number of amides is 2. The van der Waals surface area contributed by atoms with Gasteiger partial charge in [-0.2, -0.15) is 5.10 Å². The zero-order valence-electron chi connectivity index (χ0n) is 22.3. The van der Waals surface area contributed by atoms with Gasteiger partial charge >= 0.3 is 6.09 Å². The van der Waals surface area contributed by atoms with Crippen LogP contribution < -0.4 is 20.9 Å². The van der Waals surface area contributed by atoms with E-state index in [4.69, 9.17) is 14.6 Å². The molecule has 2 amide bonds. The average Bonchev–Trinajstić information content (AvgIpc) is 3.28. The summed E-state index contributed by atoms with van der Waals surface area (Å²) in [6, 6.07) is 6.89. The lowest BCUT2D eigenvalue weighted by molar-refractivity contribution is 0.0626. The summed E-state index contributed by atoms with van der Waals surface area (Å²) in [5.74, 6) is -0.0583. The van der Waals surface area contributed by atoms with Crippen molar-refractivity contribution in [1.29, 1.82) is 0 Å². The van der Waals surface area contributed by atoms with E-state index in [0.717, 1.165) is 31.1 Å². The second-order valence-electron chi connectivity index (χ2n) is 10.7. The number of nitrogens with one attached hydrogen (secondary N) is 2. The number of hydrogen-bond acceptors (Lipinski definition) is 6. The van der Waals surface area contributed by atoms with E-state index in [9.17, 15) is 14.4 Å². The Balaban J connectivity index is 1.58. The van der Waals surface area contributed by atoms with Crippen LogP contribution >= 0.6 is 0 Å². The van der Waals surface area contributed by atoms with E-state index in [1.165, 1.54) is 18.8 Å². The van der Waals surface area contributed by atoms with Gasteiger partial charge in [-0.1, -0.05) is 20.8 Å². The van der Waals surface area contributed by atoms with Crippen LogP contribution in [0.5, 0.6) is 5.75 Å². The molecule has 4 rings (SSSR count). The number of carbonyl (C=O) groups is 2. The largest absolute Gasteiger partial charge is 0.496 e. The van der Waals surface area contributed by atoms with Crippen LogP contribution in [0.1, 0.15) is 62.9 Å². The highest BCUT2D eigenvalue weighted by molar-refractivity contribution is 6.08. The van der Waals surface area contributed by atoms with E-state index in [2.05, 4.69) is 31.4 Å². The first kappa shape index (κ1) is 26.2. The van der Waals surface area contributed by atoms with Crippen LogP contribution in [0.25, 0.3) is 10.9 Å². The van der Waals surface area contributed by atoms with Gasteiger partial charge in [-0.15, -0.1) is 0 Å². The highest BCUT2D eigenvalue weighted by Gasteiger charge is 2.46. The molecule has 0 unspecified atom stereocenters. The normalized spacial score (nSPS) is 19.9. The van der Waals surface area contributed by atoms with Gasteiger partial charge in [-0.05, 0) is 49.3 Å². The van der Waals surface area contributed by atoms with Gasteiger partial charge < -0.3 is 24.7 Å². The summed E-state index contributed by atoms with van der Waals surface area (Å²) in [6.45, 7) is 6.40. The minimum Gasteiger partial charge on any atom is -0.496 e. The van der Waals surface area contributed by atoms with Gasteiger partial charge in [-0.3, -0.25) is 14.3 Å². The molecule has 2 aromatic heterocycles. The van der Waals surface area contributed by atoms with Crippen LogP contribution in [-0.2, 0) is 11.8 Å². The highest BCUT2D eigenvalue weighted by atomic mass is 16.5. The summed E-state index contributed by atoms with van der Waals surface area (Å²) >= 11 is 0. The fraction of sp³-hybridized carbons (Fsp3) is 0.481. The van der Waals surface area contributed by atoms with Crippen LogP contribution in [0, 0.1) is 5.41 Å². The van der Waals surface area contributed by atoms with Gasteiger partial charge in [-0.25, -0.2) is 4.79 Å². The Hall–Kier alpha value is -3.82. The molecule has 1 saturated carbocycles. The molecule has 0 bridgehead atoms. The molecule has 0 aliphatic heterocycles. The SMILES string of the molecule is COC(=O)NC1(C(C)(C)C)CCC(n2cc3cc(C(=O)Nc4cccn(C)c4=O)c(OC)cc3n2)CC1. The molecular weight excluding hydrogens is 474 g/mol. The Kier molecular flexibility index (Phi) is 7.03. The van der Waals surface area contributed by atoms with Crippen molar-refractivity contribution in [1.82, 2.24) is 19.7 Å². The van der Waals surface area contributed by atoms with Crippen molar-refractivity contribution in [2.24, 2.45) is 12.5 Å². The number of rotatable bonds is 5. The number of aryl methyl sites for hydroxylation is 1. The Bertz CT molecular complexity index is 1380. The summed E-state index contributed by atoms with van der Waals surface area (Å²) in [5, 5.41) is 11.4. The first-order valence-corrected chi connectivity index (χ1v) is 12.4. The molecule has 37 heavy (non-hydrogen) atoms. The monoisotopic (exact) mass is 509 g/mol. The van der Waals surface area contributed by atoms with E-state index < -0.39 is 12.0 Å². The van der Waals surface area contributed by atoms with Crippen molar-refractivity contribution in [3.05, 3.63) is 52.6 Å². The molecule has 198 valence electrons. The summed E-state index contributed by atoms with van der Waals surface area (Å²) in [5.41, 5.74) is 0.414. The number of pyridine rings is 1. The third-order valence-corrected chi connectivity index (χ3v) is 7.60. The number of ether oxygens (including phenoxy) is 2. The van der Waals surface area contributed by atoms with Crippen molar-refractivity contribution in [2.75, 3.05) is 19.5 Å². The van der Waals surface area contributed by atoms with Crippen molar-refractivity contribution >= 4 is 28.6 Å². The maximum absolute atomic E-state index is 13.1. The number of alkyl carbamates (subject to hydrolysis) is 1. The molecule has 3 aromatic rings. The van der Waals surface area contributed by atoms with Crippen LogP contribution in [0.15, 0.2) is 41.5 Å². The number of anilines is 1.